The molecule has 1 aromatic heterocycles. The van der Waals surface area contributed by atoms with Gasteiger partial charge in [0.1, 0.15) is 11.8 Å². The topological polar surface area (TPSA) is 53.1 Å². The number of aromatic nitrogens is 1. The summed E-state index contributed by atoms with van der Waals surface area (Å²) in [6.07, 6.45) is 0. The molecule has 0 amide bonds. The lowest BCUT2D eigenvalue weighted by Gasteiger charge is -2.26. The van der Waals surface area contributed by atoms with E-state index in [-0.39, 0.29) is 0 Å². The zero-order valence-electron chi connectivity index (χ0n) is 15.3. The van der Waals surface area contributed by atoms with Crippen molar-refractivity contribution in [3.8, 4) is 17.2 Å². The molecule has 0 saturated carbocycles. The van der Waals surface area contributed by atoms with Gasteiger partial charge in [0, 0.05) is 23.5 Å². The van der Waals surface area contributed by atoms with Gasteiger partial charge in [0.05, 0.1) is 16.3 Å². The number of hydrogen-bond acceptors (Lipinski definition) is 4. The Morgan fingerprint density at radius 1 is 1.15 bits per heavy atom. The van der Waals surface area contributed by atoms with Crippen LogP contribution in [-0.2, 0) is 0 Å². The van der Waals surface area contributed by atoms with Crippen molar-refractivity contribution >= 4 is 23.0 Å². The zero-order chi connectivity index (χ0) is 18.8. The number of anilines is 2. The van der Waals surface area contributed by atoms with Crippen LogP contribution in [0.25, 0.3) is 11.1 Å². The van der Waals surface area contributed by atoms with E-state index in [9.17, 15) is 0 Å². The van der Waals surface area contributed by atoms with E-state index in [4.69, 9.17) is 21.4 Å². The SMILES string of the molecule is CCN(c1ccc(C#N)c(Cl)c1)c1cc(-c2c(C)noc2C)ccc1C. The molecule has 0 radical (unpaired) electrons. The average Bonchev–Trinajstić information content (AvgIpc) is 2.96. The fraction of sp³-hybridized carbons (Fsp3) is 0.238. The summed E-state index contributed by atoms with van der Waals surface area (Å²) in [5, 5.41) is 13.6. The van der Waals surface area contributed by atoms with Crippen LogP contribution >= 0.6 is 11.6 Å². The predicted octanol–water partition coefficient (Wildman–Crippen LogP) is 5.95. The van der Waals surface area contributed by atoms with Crippen LogP contribution in [0.4, 0.5) is 11.4 Å². The number of rotatable bonds is 4. The highest BCUT2D eigenvalue weighted by Gasteiger charge is 2.16. The van der Waals surface area contributed by atoms with E-state index >= 15 is 0 Å². The summed E-state index contributed by atoms with van der Waals surface area (Å²) in [5.41, 5.74) is 6.65. The Bertz CT molecular complexity index is 981. The zero-order valence-corrected chi connectivity index (χ0v) is 16.1. The molecule has 0 spiro atoms. The van der Waals surface area contributed by atoms with E-state index in [1.807, 2.05) is 26.0 Å². The number of nitriles is 1. The molecule has 5 heteroatoms. The van der Waals surface area contributed by atoms with Crippen LogP contribution in [0.15, 0.2) is 40.9 Å². The smallest absolute Gasteiger partial charge is 0.141 e. The number of aryl methyl sites for hydroxylation is 3. The first kappa shape index (κ1) is 18.0. The summed E-state index contributed by atoms with van der Waals surface area (Å²) < 4.78 is 5.32. The predicted molar refractivity (Wildman–Crippen MR) is 105 cm³/mol. The highest BCUT2D eigenvalue weighted by atomic mass is 35.5. The van der Waals surface area contributed by atoms with Gasteiger partial charge in [-0.1, -0.05) is 28.9 Å². The maximum Gasteiger partial charge on any atom is 0.141 e. The van der Waals surface area contributed by atoms with Crippen molar-refractivity contribution < 1.29 is 4.52 Å². The van der Waals surface area contributed by atoms with Crippen LogP contribution in [0.2, 0.25) is 5.02 Å². The van der Waals surface area contributed by atoms with Crippen molar-refractivity contribution in [2.45, 2.75) is 27.7 Å². The van der Waals surface area contributed by atoms with Crippen molar-refractivity contribution in [1.82, 2.24) is 5.16 Å². The molecule has 4 nitrogen and oxygen atoms in total. The second kappa shape index (κ2) is 7.23. The lowest BCUT2D eigenvalue weighted by molar-refractivity contribution is 0.393. The van der Waals surface area contributed by atoms with Gasteiger partial charge in [-0.3, -0.25) is 0 Å². The number of hydrogen-bond donors (Lipinski definition) is 0. The van der Waals surface area contributed by atoms with Gasteiger partial charge >= 0.3 is 0 Å². The molecule has 0 bridgehead atoms. The van der Waals surface area contributed by atoms with Gasteiger partial charge in [-0.2, -0.15) is 5.26 Å². The van der Waals surface area contributed by atoms with Crippen molar-refractivity contribution in [3.05, 3.63) is 64.0 Å². The number of halogens is 1. The minimum absolute atomic E-state index is 0.461. The molecule has 0 fully saturated rings. The van der Waals surface area contributed by atoms with Crippen LogP contribution < -0.4 is 4.90 Å². The summed E-state index contributed by atoms with van der Waals surface area (Å²) in [4.78, 5) is 2.18. The molecule has 132 valence electrons. The molecule has 2 aromatic carbocycles. The first-order valence-electron chi connectivity index (χ1n) is 8.47. The molecule has 3 aromatic rings. The third-order valence-corrected chi connectivity index (χ3v) is 4.84. The highest BCUT2D eigenvalue weighted by molar-refractivity contribution is 6.32. The monoisotopic (exact) mass is 365 g/mol. The van der Waals surface area contributed by atoms with Crippen LogP contribution in [0.3, 0.4) is 0 Å². The van der Waals surface area contributed by atoms with Crippen LogP contribution in [-0.4, -0.2) is 11.7 Å². The van der Waals surface area contributed by atoms with E-state index in [1.165, 1.54) is 0 Å². The van der Waals surface area contributed by atoms with E-state index in [0.717, 1.165) is 46.1 Å². The standard InChI is InChI=1S/C21H20ClN3O/c1-5-25(18-9-8-17(12-23)19(22)11-18)20-10-16(7-6-13(20)2)21-14(3)24-26-15(21)4/h6-11H,5H2,1-4H3. The van der Waals surface area contributed by atoms with Crippen molar-refractivity contribution in [3.63, 3.8) is 0 Å². The van der Waals surface area contributed by atoms with Gasteiger partial charge in [0.2, 0.25) is 0 Å². The maximum absolute atomic E-state index is 9.10. The van der Waals surface area contributed by atoms with E-state index in [1.54, 1.807) is 6.07 Å². The van der Waals surface area contributed by atoms with E-state index in [0.29, 0.717) is 10.6 Å². The van der Waals surface area contributed by atoms with Gasteiger partial charge in [-0.15, -0.1) is 0 Å². The Balaban J connectivity index is 2.11. The Morgan fingerprint density at radius 2 is 1.92 bits per heavy atom. The van der Waals surface area contributed by atoms with Crippen molar-refractivity contribution in [2.75, 3.05) is 11.4 Å². The Morgan fingerprint density at radius 3 is 2.50 bits per heavy atom. The molecule has 0 N–H and O–H groups in total. The second-order valence-electron chi connectivity index (χ2n) is 6.22. The van der Waals surface area contributed by atoms with Gasteiger partial charge in [-0.25, -0.2) is 0 Å². The summed E-state index contributed by atoms with van der Waals surface area (Å²) in [7, 11) is 0. The van der Waals surface area contributed by atoms with E-state index < -0.39 is 0 Å². The number of nitrogens with zero attached hydrogens (tertiary/aromatic N) is 3. The maximum atomic E-state index is 9.10. The Kier molecular flexibility index (Phi) is 5.01. The largest absolute Gasteiger partial charge is 0.361 e. The highest BCUT2D eigenvalue weighted by Crippen LogP contribution is 2.35. The first-order valence-corrected chi connectivity index (χ1v) is 8.85. The lowest BCUT2D eigenvalue weighted by atomic mass is 10.0. The quantitative estimate of drug-likeness (QED) is 0.573. The van der Waals surface area contributed by atoms with Gasteiger partial charge in [0.25, 0.3) is 0 Å². The molecule has 1 heterocycles. The van der Waals surface area contributed by atoms with Crippen molar-refractivity contribution in [2.24, 2.45) is 0 Å². The van der Waals surface area contributed by atoms with Gasteiger partial charge in [0.15, 0.2) is 0 Å². The summed E-state index contributed by atoms with van der Waals surface area (Å²) >= 11 is 6.24. The van der Waals surface area contributed by atoms with Crippen LogP contribution in [0.5, 0.6) is 0 Å². The molecule has 0 unspecified atom stereocenters. The van der Waals surface area contributed by atoms with E-state index in [2.05, 4.69) is 48.2 Å². The lowest BCUT2D eigenvalue weighted by Crippen LogP contribution is -2.17. The molecule has 0 aliphatic rings. The number of benzene rings is 2. The Labute approximate surface area is 158 Å². The van der Waals surface area contributed by atoms with Crippen LogP contribution in [0, 0.1) is 32.1 Å². The van der Waals surface area contributed by atoms with Crippen molar-refractivity contribution in [1.29, 1.82) is 5.26 Å². The summed E-state index contributed by atoms with van der Waals surface area (Å²) in [6.45, 7) is 8.82. The molecule has 0 atom stereocenters. The molecule has 0 saturated heterocycles. The summed E-state index contributed by atoms with van der Waals surface area (Å²) in [6, 6.07) is 14.0. The molecular formula is C21H20ClN3O. The molecule has 26 heavy (non-hydrogen) atoms. The Hall–Kier alpha value is -2.77. The molecular weight excluding hydrogens is 346 g/mol. The third-order valence-electron chi connectivity index (χ3n) is 4.52. The molecule has 3 rings (SSSR count). The minimum Gasteiger partial charge on any atom is -0.361 e. The third kappa shape index (κ3) is 3.18. The average molecular weight is 366 g/mol. The molecule has 0 aliphatic heterocycles. The van der Waals surface area contributed by atoms with Gasteiger partial charge in [-0.05, 0) is 63.1 Å². The fourth-order valence-corrected chi connectivity index (χ4v) is 3.42. The molecule has 0 aliphatic carbocycles. The normalized spacial score (nSPS) is 10.6. The van der Waals surface area contributed by atoms with Gasteiger partial charge < -0.3 is 9.42 Å². The first-order chi connectivity index (χ1) is 12.5. The minimum atomic E-state index is 0.461. The van der Waals surface area contributed by atoms with Crippen LogP contribution in [0.1, 0.15) is 29.5 Å². The summed E-state index contributed by atoms with van der Waals surface area (Å²) in [5.74, 6) is 0.807. The fourth-order valence-electron chi connectivity index (χ4n) is 3.21. The second-order valence-corrected chi connectivity index (χ2v) is 6.63.